The molecule has 0 spiro atoms. The van der Waals surface area contributed by atoms with Crippen molar-refractivity contribution in [1.82, 2.24) is 5.32 Å². The van der Waals surface area contributed by atoms with Crippen LogP contribution in [0, 0.1) is 23.7 Å². The SMILES string of the molecule is CCC1CC(C(=O)O)C(C(=O)NC(C)C(C)CC)C1. The van der Waals surface area contributed by atoms with Gasteiger partial charge in [0, 0.05) is 6.04 Å². The lowest BCUT2D eigenvalue weighted by atomic mass is 9.93. The molecule has 5 atom stereocenters. The van der Waals surface area contributed by atoms with E-state index in [1.807, 2.05) is 6.92 Å². The van der Waals surface area contributed by atoms with Crippen molar-refractivity contribution < 1.29 is 14.7 Å². The van der Waals surface area contributed by atoms with Crippen LogP contribution in [0.5, 0.6) is 0 Å². The van der Waals surface area contributed by atoms with Crippen LogP contribution in [0.3, 0.4) is 0 Å². The first kappa shape index (κ1) is 16.0. The Kier molecular flexibility index (Phi) is 5.83. The van der Waals surface area contributed by atoms with E-state index in [0.29, 0.717) is 24.7 Å². The molecule has 0 aromatic carbocycles. The molecule has 2 N–H and O–H groups in total. The maximum absolute atomic E-state index is 12.3. The normalized spacial score (nSPS) is 29.8. The summed E-state index contributed by atoms with van der Waals surface area (Å²) in [6, 6.07) is 0.104. The van der Waals surface area contributed by atoms with Gasteiger partial charge in [0.15, 0.2) is 0 Å². The zero-order valence-corrected chi connectivity index (χ0v) is 12.5. The fourth-order valence-corrected chi connectivity index (χ4v) is 2.87. The molecule has 4 nitrogen and oxygen atoms in total. The van der Waals surface area contributed by atoms with Crippen molar-refractivity contribution in [1.29, 1.82) is 0 Å². The number of carbonyl (C=O) groups excluding carboxylic acids is 1. The largest absolute Gasteiger partial charge is 0.481 e. The van der Waals surface area contributed by atoms with E-state index in [-0.39, 0.29) is 17.9 Å². The van der Waals surface area contributed by atoms with E-state index in [1.165, 1.54) is 0 Å². The van der Waals surface area contributed by atoms with Crippen LogP contribution in [0.2, 0.25) is 0 Å². The molecule has 0 heterocycles. The minimum absolute atomic E-state index is 0.0730. The van der Waals surface area contributed by atoms with Crippen molar-refractivity contribution in [3.8, 4) is 0 Å². The highest BCUT2D eigenvalue weighted by atomic mass is 16.4. The topological polar surface area (TPSA) is 66.4 Å². The first-order valence-corrected chi connectivity index (χ1v) is 7.43. The number of carboxylic acids is 1. The van der Waals surface area contributed by atoms with Crippen LogP contribution in [-0.4, -0.2) is 23.0 Å². The van der Waals surface area contributed by atoms with Crippen LogP contribution < -0.4 is 5.32 Å². The van der Waals surface area contributed by atoms with Crippen LogP contribution in [0.1, 0.15) is 53.4 Å². The van der Waals surface area contributed by atoms with Crippen LogP contribution in [0.25, 0.3) is 0 Å². The lowest BCUT2D eigenvalue weighted by Gasteiger charge is -2.23. The first-order chi connectivity index (χ1) is 8.90. The van der Waals surface area contributed by atoms with E-state index >= 15 is 0 Å². The van der Waals surface area contributed by atoms with Gasteiger partial charge in [0.05, 0.1) is 11.8 Å². The van der Waals surface area contributed by atoms with Crippen molar-refractivity contribution in [3.05, 3.63) is 0 Å². The molecule has 4 heteroatoms. The molecule has 0 aromatic heterocycles. The molecular formula is C15H27NO3. The Hall–Kier alpha value is -1.06. The monoisotopic (exact) mass is 269 g/mol. The maximum Gasteiger partial charge on any atom is 0.307 e. The van der Waals surface area contributed by atoms with Gasteiger partial charge < -0.3 is 10.4 Å². The lowest BCUT2D eigenvalue weighted by molar-refractivity contribution is -0.146. The minimum atomic E-state index is -0.827. The molecule has 1 amide bonds. The van der Waals surface area contributed by atoms with Gasteiger partial charge in [-0.05, 0) is 31.6 Å². The molecule has 0 radical (unpaired) electrons. The summed E-state index contributed by atoms with van der Waals surface area (Å²) in [6.07, 6.45) is 3.31. The number of hydrogen-bond acceptors (Lipinski definition) is 2. The fourth-order valence-electron chi connectivity index (χ4n) is 2.87. The van der Waals surface area contributed by atoms with Gasteiger partial charge in [-0.3, -0.25) is 9.59 Å². The molecule has 110 valence electrons. The summed E-state index contributed by atoms with van der Waals surface area (Å²) in [5, 5.41) is 12.3. The number of aliphatic carboxylic acids is 1. The molecule has 0 bridgehead atoms. The van der Waals surface area contributed by atoms with Crippen LogP contribution in [0.15, 0.2) is 0 Å². The van der Waals surface area contributed by atoms with Crippen molar-refractivity contribution in [3.63, 3.8) is 0 Å². The Bertz CT molecular complexity index is 329. The third-order valence-electron chi connectivity index (χ3n) is 4.76. The van der Waals surface area contributed by atoms with Gasteiger partial charge >= 0.3 is 5.97 Å². The second-order valence-electron chi connectivity index (χ2n) is 5.98. The Morgan fingerprint density at radius 3 is 2.26 bits per heavy atom. The number of carboxylic acid groups (broad SMARTS) is 1. The van der Waals surface area contributed by atoms with Crippen LogP contribution in [0.4, 0.5) is 0 Å². The van der Waals surface area contributed by atoms with E-state index in [1.54, 1.807) is 0 Å². The zero-order chi connectivity index (χ0) is 14.6. The van der Waals surface area contributed by atoms with E-state index in [4.69, 9.17) is 0 Å². The predicted octanol–water partition coefficient (Wildman–Crippen LogP) is 2.67. The van der Waals surface area contributed by atoms with E-state index < -0.39 is 11.9 Å². The van der Waals surface area contributed by atoms with E-state index in [2.05, 4.69) is 26.1 Å². The number of nitrogens with one attached hydrogen (secondary N) is 1. The maximum atomic E-state index is 12.3. The third-order valence-corrected chi connectivity index (χ3v) is 4.76. The summed E-state index contributed by atoms with van der Waals surface area (Å²) >= 11 is 0. The van der Waals surface area contributed by atoms with Gasteiger partial charge in [0.25, 0.3) is 0 Å². The molecule has 0 aliphatic heterocycles. The van der Waals surface area contributed by atoms with E-state index in [9.17, 15) is 14.7 Å². The second-order valence-corrected chi connectivity index (χ2v) is 5.98. The van der Waals surface area contributed by atoms with E-state index in [0.717, 1.165) is 12.8 Å². The molecule has 19 heavy (non-hydrogen) atoms. The zero-order valence-electron chi connectivity index (χ0n) is 12.5. The average molecular weight is 269 g/mol. The highest BCUT2D eigenvalue weighted by Gasteiger charge is 2.42. The summed E-state index contributed by atoms with van der Waals surface area (Å²) in [5.41, 5.74) is 0. The number of hydrogen-bond donors (Lipinski definition) is 2. The fraction of sp³-hybridized carbons (Fsp3) is 0.867. The summed E-state index contributed by atoms with van der Waals surface area (Å²) in [5.74, 6) is -0.974. The molecule has 0 aromatic rings. The van der Waals surface area contributed by atoms with Gasteiger partial charge in [-0.1, -0.05) is 33.6 Å². The molecule has 1 saturated carbocycles. The summed E-state index contributed by atoms with van der Waals surface area (Å²) in [4.78, 5) is 23.6. The van der Waals surface area contributed by atoms with Gasteiger partial charge in [0.2, 0.25) is 5.91 Å². The molecule has 1 fully saturated rings. The molecule has 1 rings (SSSR count). The standard InChI is InChI=1S/C15H27NO3/c1-5-9(3)10(4)16-14(17)12-7-11(6-2)8-13(12)15(18)19/h9-13H,5-8H2,1-4H3,(H,16,17)(H,18,19). The Morgan fingerprint density at radius 2 is 1.79 bits per heavy atom. The average Bonchev–Trinajstić information content (AvgIpc) is 2.81. The Labute approximate surface area is 116 Å². The van der Waals surface area contributed by atoms with Crippen molar-refractivity contribution in [2.45, 2.75) is 59.4 Å². The van der Waals surface area contributed by atoms with Gasteiger partial charge in [-0.2, -0.15) is 0 Å². The number of rotatable bonds is 6. The third kappa shape index (κ3) is 3.95. The molecular weight excluding hydrogens is 242 g/mol. The Morgan fingerprint density at radius 1 is 1.21 bits per heavy atom. The van der Waals surface area contributed by atoms with Gasteiger partial charge in [-0.25, -0.2) is 0 Å². The molecule has 5 unspecified atom stereocenters. The lowest BCUT2D eigenvalue weighted by Crippen LogP contribution is -2.42. The van der Waals surface area contributed by atoms with Crippen LogP contribution >= 0.6 is 0 Å². The van der Waals surface area contributed by atoms with Gasteiger partial charge in [-0.15, -0.1) is 0 Å². The minimum Gasteiger partial charge on any atom is -0.481 e. The van der Waals surface area contributed by atoms with Crippen molar-refractivity contribution >= 4 is 11.9 Å². The smallest absolute Gasteiger partial charge is 0.307 e. The van der Waals surface area contributed by atoms with Gasteiger partial charge in [0.1, 0.15) is 0 Å². The summed E-state index contributed by atoms with van der Waals surface area (Å²) in [7, 11) is 0. The predicted molar refractivity (Wildman–Crippen MR) is 74.7 cm³/mol. The highest BCUT2D eigenvalue weighted by Crippen LogP contribution is 2.38. The van der Waals surface area contributed by atoms with Crippen LogP contribution in [-0.2, 0) is 9.59 Å². The Balaban J connectivity index is 2.66. The number of carbonyl (C=O) groups is 2. The second kappa shape index (κ2) is 6.92. The molecule has 1 aliphatic carbocycles. The summed E-state index contributed by atoms with van der Waals surface area (Å²) < 4.78 is 0. The molecule has 0 saturated heterocycles. The quantitative estimate of drug-likeness (QED) is 0.779. The van der Waals surface area contributed by atoms with Crippen molar-refractivity contribution in [2.24, 2.45) is 23.7 Å². The highest BCUT2D eigenvalue weighted by molar-refractivity contribution is 5.85. The first-order valence-electron chi connectivity index (χ1n) is 7.43. The summed E-state index contributed by atoms with van der Waals surface area (Å²) in [6.45, 7) is 8.25. The number of amides is 1. The van der Waals surface area contributed by atoms with Crippen molar-refractivity contribution in [2.75, 3.05) is 0 Å². The molecule has 1 aliphatic rings.